The van der Waals surface area contributed by atoms with Crippen LogP contribution in [-0.2, 0) is 17.6 Å². The highest BCUT2D eigenvalue weighted by atomic mass is 35.5. The van der Waals surface area contributed by atoms with Gasteiger partial charge in [0, 0.05) is 22.9 Å². The van der Waals surface area contributed by atoms with Crippen molar-refractivity contribution in [2.45, 2.75) is 52.1 Å². The van der Waals surface area contributed by atoms with Gasteiger partial charge in [-0.2, -0.15) is 0 Å². The Hall–Kier alpha value is -2.12. The van der Waals surface area contributed by atoms with E-state index < -0.39 is 11.6 Å². The number of fused-ring (bicyclic) bond motifs is 1. The number of aryl methyl sites for hydroxylation is 2. The number of amides is 1. The number of halogens is 1. The number of carbonyl (C=O) groups is 2. The van der Waals surface area contributed by atoms with Crippen molar-refractivity contribution < 1.29 is 19.4 Å². The molecule has 8 heteroatoms. The first-order valence-electron chi connectivity index (χ1n) is 9.62. The Kier molecular flexibility index (Phi) is 6.49. The van der Waals surface area contributed by atoms with E-state index in [1.807, 2.05) is 39.0 Å². The first-order valence-corrected chi connectivity index (χ1v) is 11.0. The third kappa shape index (κ3) is 5.08. The lowest BCUT2D eigenvalue weighted by Crippen LogP contribution is -2.39. The smallest absolute Gasteiger partial charge is 0.414 e. The van der Waals surface area contributed by atoms with E-state index in [9.17, 15) is 14.7 Å². The largest absolute Gasteiger partial charge is 0.476 e. The van der Waals surface area contributed by atoms with Gasteiger partial charge in [0.05, 0.1) is 5.69 Å². The van der Waals surface area contributed by atoms with Crippen LogP contribution in [0.25, 0.3) is 10.6 Å². The van der Waals surface area contributed by atoms with Gasteiger partial charge in [-0.05, 0) is 58.1 Å². The van der Waals surface area contributed by atoms with Crippen LogP contribution in [-0.4, -0.2) is 40.2 Å². The molecule has 0 saturated carbocycles. The Labute approximate surface area is 179 Å². The van der Waals surface area contributed by atoms with Gasteiger partial charge in [-0.3, -0.25) is 4.90 Å². The molecule has 156 valence electrons. The summed E-state index contributed by atoms with van der Waals surface area (Å²) in [5.74, 6) is -0.568. The molecule has 0 radical (unpaired) electrons. The molecule has 6 nitrogen and oxygen atoms in total. The van der Waals surface area contributed by atoms with E-state index in [1.54, 1.807) is 4.90 Å². The molecule has 0 saturated heterocycles. The molecule has 2 heterocycles. The second-order valence-corrected chi connectivity index (χ2v) is 9.43. The normalized spacial score (nSPS) is 13.9. The molecule has 1 aromatic heterocycles. The van der Waals surface area contributed by atoms with Crippen LogP contribution >= 0.6 is 22.9 Å². The molecule has 1 aliphatic heterocycles. The summed E-state index contributed by atoms with van der Waals surface area (Å²) in [5, 5.41) is 10.1. The lowest BCUT2D eigenvalue weighted by molar-refractivity contribution is 0.0577. The predicted octanol–water partition coefficient (Wildman–Crippen LogP) is 5.37. The van der Waals surface area contributed by atoms with Crippen molar-refractivity contribution >= 4 is 40.7 Å². The molecule has 0 bridgehead atoms. The summed E-state index contributed by atoms with van der Waals surface area (Å²) in [6.45, 7) is 6.12. The molecule has 0 fully saturated rings. The summed E-state index contributed by atoms with van der Waals surface area (Å²) in [5.41, 5.74) is 2.18. The van der Waals surface area contributed by atoms with Gasteiger partial charge in [0.15, 0.2) is 5.69 Å². The minimum absolute atomic E-state index is 0.0804. The van der Waals surface area contributed by atoms with Crippen LogP contribution in [0.4, 0.5) is 10.5 Å². The van der Waals surface area contributed by atoms with Crippen LogP contribution in [0.1, 0.15) is 54.5 Å². The summed E-state index contributed by atoms with van der Waals surface area (Å²) in [7, 11) is 0. The molecule has 1 aromatic carbocycles. The van der Waals surface area contributed by atoms with Gasteiger partial charge in [0.2, 0.25) is 0 Å². The molecule has 1 amide bonds. The van der Waals surface area contributed by atoms with Crippen LogP contribution in [0.5, 0.6) is 0 Å². The zero-order chi connectivity index (χ0) is 21.2. The quantitative estimate of drug-likeness (QED) is 0.637. The van der Waals surface area contributed by atoms with Gasteiger partial charge in [-0.25, -0.2) is 14.6 Å². The highest BCUT2D eigenvalue weighted by Crippen LogP contribution is 2.36. The standard InChI is InChI=1S/C21H25ClN2O4S/c1-21(2,3)28-20(27)24-11-5-6-13-8-9-14(12-15(13)24)18-23-17(19(25)26)16(29-18)7-4-10-22/h8-9,12H,4-7,10-11H2,1-3H3,(H,25,26). The third-order valence-electron chi connectivity index (χ3n) is 4.50. The fourth-order valence-corrected chi connectivity index (χ4v) is 4.48. The molecular weight excluding hydrogens is 412 g/mol. The molecular formula is C21H25ClN2O4S. The van der Waals surface area contributed by atoms with Gasteiger partial charge in [0.1, 0.15) is 10.6 Å². The van der Waals surface area contributed by atoms with E-state index >= 15 is 0 Å². The van der Waals surface area contributed by atoms with Gasteiger partial charge in [-0.1, -0.05) is 12.1 Å². The molecule has 3 rings (SSSR count). The van der Waals surface area contributed by atoms with E-state index in [2.05, 4.69) is 4.98 Å². The molecule has 0 atom stereocenters. The summed E-state index contributed by atoms with van der Waals surface area (Å²) in [4.78, 5) is 31.0. The maximum absolute atomic E-state index is 12.7. The summed E-state index contributed by atoms with van der Waals surface area (Å²) >= 11 is 7.13. The zero-order valence-electron chi connectivity index (χ0n) is 16.8. The molecule has 0 unspecified atom stereocenters. The van der Waals surface area contributed by atoms with E-state index in [0.717, 1.165) is 34.5 Å². The van der Waals surface area contributed by atoms with Crippen molar-refractivity contribution in [3.05, 3.63) is 34.3 Å². The summed E-state index contributed by atoms with van der Waals surface area (Å²) in [6.07, 6.45) is 2.66. The highest BCUT2D eigenvalue weighted by Gasteiger charge is 2.28. The number of aromatic nitrogens is 1. The average Bonchev–Trinajstić information content (AvgIpc) is 3.08. The number of rotatable bonds is 5. The number of hydrogen-bond donors (Lipinski definition) is 1. The number of aromatic carboxylic acids is 1. The molecule has 29 heavy (non-hydrogen) atoms. The number of ether oxygens (including phenoxy) is 1. The lowest BCUT2D eigenvalue weighted by Gasteiger charge is -2.32. The Bertz CT molecular complexity index is 920. The van der Waals surface area contributed by atoms with Crippen molar-refractivity contribution in [3.8, 4) is 10.6 Å². The number of anilines is 1. The fourth-order valence-electron chi connectivity index (χ4n) is 3.25. The molecule has 0 aliphatic carbocycles. The van der Waals surface area contributed by atoms with Crippen LogP contribution in [0, 0.1) is 0 Å². The molecule has 1 N–H and O–H groups in total. The Morgan fingerprint density at radius 3 is 2.76 bits per heavy atom. The van der Waals surface area contributed by atoms with E-state index in [4.69, 9.17) is 16.3 Å². The van der Waals surface area contributed by atoms with Crippen LogP contribution in [0.3, 0.4) is 0 Å². The first kappa shape index (κ1) is 21.6. The minimum Gasteiger partial charge on any atom is -0.476 e. The van der Waals surface area contributed by atoms with E-state index in [-0.39, 0.29) is 11.8 Å². The van der Waals surface area contributed by atoms with Crippen molar-refractivity contribution in [3.63, 3.8) is 0 Å². The monoisotopic (exact) mass is 436 g/mol. The number of alkyl halides is 1. The van der Waals surface area contributed by atoms with E-state index in [1.165, 1.54) is 11.3 Å². The molecule has 2 aromatic rings. The number of carbonyl (C=O) groups excluding carboxylic acids is 1. The van der Waals surface area contributed by atoms with Crippen LogP contribution in [0.2, 0.25) is 0 Å². The number of hydrogen-bond acceptors (Lipinski definition) is 5. The fraction of sp³-hybridized carbons (Fsp3) is 0.476. The number of carboxylic acid groups (broad SMARTS) is 1. The first-order chi connectivity index (χ1) is 13.7. The second-order valence-electron chi connectivity index (χ2n) is 7.97. The number of thiazole rings is 1. The maximum Gasteiger partial charge on any atom is 0.414 e. The van der Waals surface area contributed by atoms with Gasteiger partial charge >= 0.3 is 12.1 Å². The van der Waals surface area contributed by atoms with Crippen LogP contribution in [0.15, 0.2) is 18.2 Å². The topological polar surface area (TPSA) is 79.7 Å². The Balaban J connectivity index is 1.96. The lowest BCUT2D eigenvalue weighted by atomic mass is 10.00. The highest BCUT2D eigenvalue weighted by molar-refractivity contribution is 7.15. The van der Waals surface area contributed by atoms with E-state index in [0.29, 0.717) is 30.3 Å². The van der Waals surface area contributed by atoms with Gasteiger partial charge in [-0.15, -0.1) is 22.9 Å². The van der Waals surface area contributed by atoms with Gasteiger partial charge in [0.25, 0.3) is 0 Å². The number of benzene rings is 1. The Morgan fingerprint density at radius 1 is 1.34 bits per heavy atom. The minimum atomic E-state index is -1.04. The third-order valence-corrected chi connectivity index (χ3v) is 5.93. The van der Waals surface area contributed by atoms with Crippen molar-refractivity contribution in [2.75, 3.05) is 17.3 Å². The van der Waals surface area contributed by atoms with Crippen molar-refractivity contribution in [1.29, 1.82) is 0 Å². The van der Waals surface area contributed by atoms with Gasteiger partial charge < -0.3 is 9.84 Å². The average molecular weight is 437 g/mol. The molecule has 1 aliphatic rings. The SMILES string of the molecule is CC(C)(C)OC(=O)N1CCCc2ccc(-c3nc(C(=O)O)c(CCCCl)s3)cc21. The van der Waals surface area contributed by atoms with Crippen LogP contribution < -0.4 is 4.90 Å². The zero-order valence-corrected chi connectivity index (χ0v) is 18.4. The number of carboxylic acids is 1. The summed E-state index contributed by atoms with van der Waals surface area (Å²) < 4.78 is 5.56. The van der Waals surface area contributed by atoms with Crippen molar-refractivity contribution in [1.82, 2.24) is 4.98 Å². The number of nitrogens with zero attached hydrogens (tertiary/aromatic N) is 2. The predicted molar refractivity (Wildman–Crippen MR) is 115 cm³/mol. The Morgan fingerprint density at radius 2 is 2.10 bits per heavy atom. The molecule has 0 spiro atoms. The maximum atomic E-state index is 12.7. The second kappa shape index (κ2) is 8.71. The summed E-state index contributed by atoms with van der Waals surface area (Å²) in [6, 6.07) is 5.84. The van der Waals surface area contributed by atoms with Crippen molar-refractivity contribution in [2.24, 2.45) is 0 Å².